The summed E-state index contributed by atoms with van der Waals surface area (Å²) in [4.78, 5) is 29.8. The van der Waals surface area contributed by atoms with Gasteiger partial charge in [0.05, 0.1) is 0 Å². The molecule has 1 aliphatic rings. The molecule has 9 rings (SSSR count). The van der Waals surface area contributed by atoms with E-state index in [4.69, 9.17) is 29.9 Å². The van der Waals surface area contributed by atoms with Gasteiger partial charge < -0.3 is 0 Å². The smallest absolute Gasteiger partial charge is 0.164 e. The Morgan fingerprint density at radius 3 is 0.824 bits per heavy atom. The molecule has 0 saturated heterocycles. The third kappa shape index (κ3) is 5.63. The van der Waals surface area contributed by atoms with Crippen molar-refractivity contribution in [2.45, 2.75) is 13.1 Å². The second-order valence-electron chi connectivity index (χ2n) is 13.2. The Bertz CT molecular complexity index is 2250. The van der Waals surface area contributed by atoms with Crippen molar-refractivity contribution in [2.75, 3.05) is 0 Å². The van der Waals surface area contributed by atoms with Crippen LogP contribution in [0.5, 0.6) is 0 Å². The van der Waals surface area contributed by atoms with Crippen molar-refractivity contribution in [1.82, 2.24) is 29.9 Å². The number of rotatable bonds is 6. The second kappa shape index (κ2) is 12.5. The summed E-state index contributed by atoms with van der Waals surface area (Å²) >= 11 is 0. The number of hydrogen-bond donors (Lipinski definition) is 0. The van der Waals surface area contributed by atoms with Gasteiger partial charge in [0.2, 0.25) is 0 Å². The lowest BCUT2D eigenvalue weighted by atomic mass is 10.0. The molecule has 0 unspecified atom stereocenters. The first-order chi connectivity index (χ1) is 25.0. The fourth-order valence-electron chi connectivity index (χ4n) is 6.89. The minimum Gasteiger partial charge on any atom is -0.208 e. The Hall–Kier alpha value is -6.44. The molecule has 242 valence electrons. The molecule has 0 radical (unpaired) electrons. The molecule has 2 aromatic heterocycles. The molecule has 51 heavy (non-hydrogen) atoms. The van der Waals surface area contributed by atoms with E-state index >= 15 is 0 Å². The molecule has 0 spiro atoms. The van der Waals surface area contributed by atoms with Crippen molar-refractivity contribution in [3.05, 3.63) is 158 Å². The van der Waals surface area contributed by atoms with E-state index in [1.165, 1.54) is 21.5 Å². The van der Waals surface area contributed by atoms with Crippen LogP contribution in [0.25, 0.3) is 79.5 Å². The second-order valence-corrected chi connectivity index (χ2v) is 17.5. The molecular formula is C44H32N6Si. The van der Waals surface area contributed by atoms with Crippen molar-refractivity contribution in [3.8, 4) is 79.5 Å². The van der Waals surface area contributed by atoms with Crippen LogP contribution < -0.4 is 10.4 Å². The average Bonchev–Trinajstić information content (AvgIpc) is 3.43. The maximum atomic E-state index is 5.01. The molecule has 0 N–H and O–H groups in total. The van der Waals surface area contributed by atoms with Gasteiger partial charge in [-0.3, -0.25) is 0 Å². The molecule has 0 atom stereocenters. The van der Waals surface area contributed by atoms with Gasteiger partial charge in [-0.25, -0.2) is 29.9 Å². The summed E-state index contributed by atoms with van der Waals surface area (Å²) < 4.78 is 0. The summed E-state index contributed by atoms with van der Waals surface area (Å²) in [5.41, 5.74) is 8.33. The van der Waals surface area contributed by atoms with Crippen molar-refractivity contribution < 1.29 is 0 Å². The van der Waals surface area contributed by atoms with Crippen LogP contribution in [-0.2, 0) is 0 Å². The third-order valence-corrected chi connectivity index (χ3v) is 13.1. The third-order valence-electron chi connectivity index (χ3n) is 9.59. The van der Waals surface area contributed by atoms with Crippen LogP contribution in [0.1, 0.15) is 0 Å². The molecule has 1 aliphatic heterocycles. The van der Waals surface area contributed by atoms with Crippen LogP contribution in [0.4, 0.5) is 0 Å². The fraction of sp³-hybridized carbons (Fsp3) is 0.0455. The molecule has 0 saturated carbocycles. The van der Waals surface area contributed by atoms with Crippen LogP contribution in [0.15, 0.2) is 158 Å². The highest BCUT2D eigenvalue weighted by Crippen LogP contribution is 2.34. The van der Waals surface area contributed by atoms with E-state index in [0.717, 1.165) is 33.4 Å². The van der Waals surface area contributed by atoms with Gasteiger partial charge in [0.15, 0.2) is 34.9 Å². The maximum absolute atomic E-state index is 5.01. The average molecular weight is 673 g/mol. The SMILES string of the molecule is C[Si]1(C)c2cc(-c3nc(-c4ccccc4)nc(-c4ccccc4)n3)ccc2-c2ccc(-c3nc(-c4ccccc4)nc(-c4ccccc4)n3)cc21. The highest BCUT2D eigenvalue weighted by Gasteiger charge is 2.38. The van der Waals surface area contributed by atoms with Crippen LogP contribution in [0.3, 0.4) is 0 Å². The molecule has 0 aliphatic carbocycles. The lowest BCUT2D eigenvalue weighted by Crippen LogP contribution is -2.49. The zero-order chi connectivity index (χ0) is 34.4. The van der Waals surface area contributed by atoms with Crippen LogP contribution in [0, 0.1) is 0 Å². The molecule has 0 fully saturated rings. The lowest BCUT2D eigenvalue weighted by molar-refractivity contribution is 1.07. The minimum absolute atomic E-state index is 0.659. The first kappa shape index (κ1) is 30.6. The summed E-state index contributed by atoms with van der Waals surface area (Å²) in [6.45, 7) is 4.84. The number of benzene rings is 6. The molecule has 7 heteroatoms. The van der Waals surface area contributed by atoms with E-state index in [2.05, 4.69) is 49.5 Å². The summed E-state index contributed by atoms with van der Waals surface area (Å²) in [6, 6.07) is 53.8. The van der Waals surface area contributed by atoms with Gasteiger partial charge in [-0.05, 0) is 21.5 Å². The zero-order valence-electron chi connectivity index (χ0n) is 28.2. The van der Waals surface area contributed by atoms with Gasteiger partial charge in [-0.2, -0.15) is 0 Å². The first-order valence-corrected chi connectivity index (χ1v) is 20.1. The largest absolute Gasteiger partial charge is 0.208 e. The summed E-state index contributed by atoms with van der Waals surface area (Å²) in [5.74, 6) is 3.97. The first-order valence-electron chi connectivity index (χ1n) is 17.1. The van der Waals surface area contributed by atoms with Crippen molar-refractivity contribution in [1.29, 1.82) is 0 Å². The van der Waals surface area contributed by atoms with Gasteiger partial charge in [0.1, 0.15) is 8.07 Å². The van der Waals surface area contributed by atoms with Crippen molar-refractivity contribution in [2.24, 2.45) is 0 Å². The van der Waals surface area contributed by atoms with E-state index in [9.17, 15) is 0 Å². The van der Waals surface area contributed by atoms with Gasteiger partial charge >= 0.3 is 0 Å². The minimum atomic E-state index is -2.16. The number of fused-ring (bicyclic) bond motifs is 3. The monoisotopic (exact) mass is 672 g/mol. The quantitative estimate of drug-likeness (QED) is 0.164. The Balaban J connectivity index is 1.14. The van der Waals surface area contributed by atoms with E-state index in [0.29, 0.717) is 34.9 Å². The zero-order valence-corrected chi connectivity index (χ0v) is 29.2. The maximum Gasteiger partial charge on any atom is 0.164 e. The number of nitrogens with zero attached hydrogens (tertiary/aromatic N) is 6. The topological polar surface area (TPSA) is 77.3 Å². The normalized spacial score (nSPS) is 12.7. The van der Waals surface area contributed by atoms with Crippen molar-refractivity contribution >= 4 is 18.4 Å². The molecule has 0 amide bonds. The van der Waals surface area contributed by atoms with Gasteiger partial charge in [0, 0.05) is 33.4 Å². The van der Waals surface area contributed by atoms with Gasteiger partial charge in [-0.15, -0.1) is 0 Å². The molecule has 0 bridgehead atoms. The van der Waals surface area contributed by atoms with Crippen LogP contribution in [0.2, 0.25) is 13.1 Å². The summed E-state index contributed by atoms with van der Waals surface area (Å²) in [7, 11) is -2.16. The highest BCUT2D eigenvalue weighted by molar-refractivity contribution is 7.03. The standard InChI is InChI=1S/C44H32N6Si/c1-51(2)37-27-33(43-47-39(29-15-7-3-8-16-29)45-40(48-43)30-17-9-4-10-18-30)23-25-35(37)36-26-24-34(28-38(36)51)44-49-41(31-19-11-5-12-20-31)46-42(50-44)32-21-13-6-14-22-32/h3-28H,1-2H3. The van der Waals surface area contributed by atoms with Crippen molar-refractivity contribution in [3.63, 3.8) is 0 Å². The van der Waals surface area contributed by atoms with Gasteiger partial charge in [0.25, 0.3) is 0 Å². The fourth-order valence-corrected chi connectivity index (χ4v) is 10.00. The molecule has 6 aromatic carbocycles. The van der Waals surface area contributed by atoms with Gasteiger partial charge in [-0.1, -0.05) is 171 Å². The molecule has 6 nitrogen and oxygen atoms in total. The Kier molecular flexibility index (Phi) is 7.48. The van der Waals surface area contributed by atoms with E-state index < -0.39 is 8.07 Å². The summed E-state index contributed by atoms with van der Waals surface area (Å²) in [5, 5.41) is 2.72. The number of hydrogen-bond acceptors (Lipinski definition) is 6. The predicted octanol–water partition coefficient (Wildman–Crippen LogP) is 8.86. The number of aromatic nitrogens is 6. The lowest BCUT2D eigenvalue weighted by Gasteiger charge is -2.20. The Morgan fingerprint density at radius 2 is 0.549 bits per heavy atom. The Morgan fingerprint density at radius 1 is 0.294 bits per heavy atom. The molecular weight excluding hydrogens is 641 g/mol. The Labute approximate surface area is 297 Å². The molecule has 3 heterocycles. The van der Waals surface area contributed by atoms with E-state index in [1.807, 2.05) is 121 Å². The van der Waals surface area contributed by atoms with E-state index in [1.54, 1.807) is 0 Å². The molecule has 8 aromatic rings. The van der Waals surface area contributed by atoms with Crippen LogP contribution >= 0.6 is 0 Å². The summed E-state index contributed by atoms with van der Waals surface area (Å²) in [6.07, 6.45) is 0. The predicted molar refractivity (Wildman–Crippen MR) is 208 cm³/mol. The highest BCUT2D eigenvalue weighted by atomic mass is 28.3. The van der Waals surface area contributed by atoms with E-state index in [-0.39, 0.29) is 0 Å². The van der Waals surface area contributed by atoms with Crippen LogP contribution in [-0.4, -0.2) is 38.0 Å².